The van der Waals surface area contributed by atoms with Crippen LogP contribution < -0.4 is 0 Å². The van der Waals surface area contributed by atoms with Crippen LogP contribution in [0.15, 0.2) is 12.1 Å². The van der Waals surface area contributed by atoms with Crippen LogP contribution in [0.4, 0.5) is 0 Å². The van der Waals surface area contributed by atoms with Crippen molar-refractivity contribution >= 4 is 11.8 Å². The summed E-state index contributed by atoms with van der Waals surface area (Å²) in [6, 6.07) is 4.48. The van der Waals surface area contributed by atoms with E-state index in [2.05, 4.69) is 53.7 Å². The van der Waals surface area contributed by atoms with E-state index in [4.69, 9.17) is 4.74 Å². The van der Waals surface area contributed by atoms with Gasteiger partial charge < -0.3 is 4.74 Å². The molecule has 0 aliphatic heterocycles. The van der Waals surface area contributed by atoms with Crippen LogP contribution >= 0.6 is 0 Å². The summed E-state index contributed by atoms with van der Waals surface area (Å²) in [6.07, 6.45) is 0.355. The third kappa shape index (κ3) is 5.42. The van der Waals surface area contributed by atoms with Gasteiger partial charge in [0.15, 0.2) is 0 Å². The summed E-state index contributed by atoms with van der Waals surface area (Å²) in [7, 11) is 0. The van der Waals surface area contributed by atoms with E-state index in [-0.39, 0.29) is 12.4 Å². The molecule has 0 aromatic heterocycles. The zero-order valence-electron chi connectivity index (χ0n) is 17.1. The van der Waals surface area contributed by atoms with Crippen molar-refractivity contribution in [1.82, 2.24) is 0 Å². The first-order valence-electron chi connectivity index (χ1n) is 9.45. The fourth-order valence-corrected chi connectivity index (χ4v) is 2.98. The smallest absolute Gasteiger partial charge is 0.316 e. The number of hydrogen-bond donors (Lipinski definition) is 0. The van der Waals surface area contributed by atoms with Crippen LogP contribution in [0.25, 0.3) is 0 Å². The van der Waals surface area contributed by atoms with Crippen LogP contribution in [0.1, 0.15) is 102 Å². The zero-order valence-corrected chi connectivity index (χ0v) is 17.1. The summed E-state index contributed by atoms with van der Waals surface area (Å²) in [5.74, 6) is -0.0459. The van der Waals surface area contributed by atoms with Gasteiger partial charge in [0.25, 0.3) is 0 Å². The fraction of sp³-hybridized carbons (Fsp3) is 0.636. The summed E-state index contributed by atoms with van der Waals surface area (Å²) in [5.41, 5.74) is 4.88. The van der Waals surface area contributed by atoms with Gasteiger partial charge in [-0.1, -0.05) is 60.6 Å². The lowest BCUT2D eigenvalue weighted by molar-refractivity contribution is -0.152. The molecular formula is C22H34O3. The third-order valence-corrected chi connectivity index (χ3v) is 4.80. The van der Waals surface area contributed by atoms with Crippen LogP contribution in [-0.2, 0) is 20.9 Å². The maximum atomic E-state index is 12.2. The first-order valence-corrected chi connectivity index (χ1v) is 9.45. The lowest BCUT2D eigenvalue weighted by Crippen LogP contribution is -2.23. The molecule has 0 saturated carbocycles. The summed E-state index contributed by atoms with van der Waals surface area (Å²) in [4.78, 5) is 23.9. The highest BCUT2D eigenvalue weighted by molar-refractivity contribution is 5.98. The Kier molecular flexibility index (Phi) is 7.85. The number of ketones is 1. The molecule has 3 nitrogen and oxygen atoms in total. The molecule has 25 heavy (non-hydrogen) atoms. The van der Waals surface area contributed by atoms with E-state index >= 15 is 0 Å². The van der Waals surface area contributed by atoms with Crippen molar-refractivity contribution in [1.29, 1.82) is 0 Å². The molecule has 0 heterocycles. The highest BCUT2D eigenvalue weighted by atomic mass is 16.5. The largest absolute Gasteiger partial charge is 0.460 e. The number of benzene rings is 1. The Balaban J connectivity index is 3.20. The van der Waals surface area contributed by atoms with Gasteiger partial charge in [0.05, 0.1) is 0 Å². The van der Waals surface area contributed by atoms with Gasteiger partial charge in [-0.05, 0) is 46.9 Å². The summed E-state index contributed by atoms with van der Waals surface area (Å²) in [6.45, 7) is 16.7. The van der Waals surface area contributed by atoms with Gasteiger partial charge in [-0.25, -0.2) is 0 Å². The van der Waals surface area contributed by atoms with Crippen molar-refractivity contribution < 1.29 is 14.3 Å². The predicted molar refractivity (Wildman–Crippen MR) is 103 cm³/mol. The molecule has 1 rings (SSSR count). The normalized spacial score (nSPS) is 12.8. The van der Waals surface area contributed by atoms with Gasteiger partial charge in [0, 0.05) is 6.42 Å². The molecule has 0 N–H and O–H groups in total. The maximum absolute atomic E-state index is 12.2. The van der Waals surface area contributed by atoms with Crippen molar-refractivity contribution in [3.8, 4) is 0 Å². The zero-order chi connectivity index (χ0) is 19.3. The Morgan fingerprint density at radius 1 is 0.880 bits per heavy atom. The minimum Gasteiger partial charge on any atom is -0.460 e. The lowest BCUT2D eigenvalue weighted by atomic mass is 9.85. The molecular weight excluding hydrogens is 312 g/mol. The van der Waals surface area contributed by atoms with Crippen LogP contribution in [0.2, 0.25) is 0 Å². The topological polar surface area (TPSA) is 43.4 Å². The van der Waals surface area contributed by atoms with Gasteiger partial charge >= 0.3 is 5.97 Å². The molecule has 0 aliphatic carbocycles. The minimum absolute atomic E-state index is 0.0756. The van der Waals surface area contributed by atoms with Gasteiger partial charge in [-0.3, -0.25) is 9.59 Å². The van der Waals surface area contributed by atoms with E-state index in [0.717, 1.165) is 5.56 Å². The monoisotopic (exact) mass is 346 g/mol. The average molecular weight is 347 g/mol. The second-order valence-corrected chi connectivity index (χ2v) is 7.79. The maximum Gasteiger partial charge on any atom is 0.316 e. The second kappa shape index (κ2) is 9.17. The number of esters is 1. The second-order valence-electron chi connectivity index (χ2n) is 7.79. The SMILES string of the molecule is CCC(=O)C(C)C(=O)OCc1c(C(C)C)cc(C(C)C)cc1C(C)C. The van der Waals surface area contributed by atoms with E-state index < -0.39 is 11.9 Å². The first kappa shape index (κ1) is 21.4. The van der Waals surface area contributed by atoms with Crippen molar-refractivity contribution in [2.24, 2.45) is 5.92 Å². The van der Waals surface area contributed by atoms with E-state index in [9.17, 15) is 9.59 Å². The Hall–Kier alpha value is -1.64. The minimum atomic E-state index is -0.690. The highest BCUT2D eigenvalue weighted by Gasteiger charge is 2.23. The van der Waals surface area contributed by atoms with Crippen molar-refractivity contribution in [2.75, 3.05) is 0 Å². The number of ether oxygens (including phenoxy) is 1. The standard InChI is InChI=1S/C22H34O3/c1-9-21(23)16(8)22(24)25-12-20-18(14(4)5)10-17(13(2)3)11-19(20)15(6)7/h10-11,13-16H,9,12H2,1-8H3. The molecule has 0 radical (unpaired) electrons. The van der Waals surface area contributed by atoms with Crippen molar-refractivity contribution in [2.45, 2.75) is 86.2 Å². The van der Waals surface area contributed by atoms with Crippen LogP contribution in [0.3, 0.4) is 0 Å². The summed E-state index contributed by atoms with van der Waals surface area (Å²) >= 11 is 0. The van der Waals surface area contributed by atoms with Crippen molar-refractivity contribution in [3.63, 3.8) is 0 Å². The molecule has 0 fully saturated rings. The number of hydrogen-bond acceptors (Lipinski definition) is 3. The summed E-state index contributed by atoms with van der Waals surface area (Å²) < 4.78 is 5.54. The Morgan fingerprint density at radius 2 is 1.36 bits per heavy atom. The summed E-state index contributed by atoms with van der Waals surface area (Å²) in [5, 5.41) is 0. The van der Waals surface area contributed by atoms with Gasteiger partial charge in [-0.2, -0.15) is 0 Å². The van der Waals surface area contributed by atoms with Crippen molar-refractivity contribution in [3.05, 3.63) is 34.4 Å². The molecule has 1 aromatic carbocycles. The third-order valence-electron chi connectivity index (χ3n) is 4.80. The molecule has 0 bridgehead atoms. The van der Waals surface area contributed by atoms with Gasteiger partial charge in [0.1, 0.15) is 18.3 Å². The average Bonchev–Trinajstić information content (AvgIpc) is 2.56. The van der Waals surface area contributed by atoms with Crippen LogP contribution in [0.5, 0.6) is 0 Å². The Labute approximate surface area is 153 Å². The number of rotatable bonds is 8. The first-order chi connectivity index (χ1) is 11.6. The van der Waals surface area contributed by atoms with E-state index in [1.807, 2.05) is 0 Å². The number of Topliss-reactive ketones (excluding diaryl/α,β-unsaturated/α-hetero) is 1. The van der Waals surface area contributed by atoms with Crippen LogP contribution in [-0.4, -0.2) is 11.8 Å². The molecule has 0 saturated heterocycles. The number of carbonyl (C=O) groups excluding carboxylic acids is 2. The molecule has 3 heteroatoms. The Bertz CT molecular complexity index is 583. The van der Waals surface area contributed by atoms with E-state index in [1.165, 1.54) is 16.7 Å². The van der Waals surface area contributed by atoms with E-state index in [0.29, 0.717) is 24.2 Å². The molecule has 1 unspecified atom stereocenters. The van der Waals surface area contributed by atoms with E-state index in [1.54, 1.807) is 13.8 Å². The Morgan fingerprint density at radius 3 is 1.72 bits per heavy atom. The quantitative estimate of drug-likeness (QED) is 0.447. The molecule has 1 atom stereocenters. The number of carbonyl (C=O) groups is 2. The van der Waals surface area contributed by atoms with Gasteiger partial charge in [-0.15, -0.1) is 0 Å². The predicted octanol–water partition coefficient (Wildman–Crippen LogP) is 5.72. The molecule has 0 spiro atoms. The lowest BCUT2D eigenvalue weighted by Gasteiger charge is -2.23. The fourth-order valence-electron chi connectivity index (χ4n) is 2.98. The van der Waals surface area contributed by atoms with Crippen LogP contribution in [0, 0.1) is 5.92 Å². The van der Waals surface area contributed by atoms with Gasteiger partial charge in [0.2, 0.25) is 0 Å². The molecule has 0 aliphatic rings. The molecule has 140 valence electrons. The molecule has 0 amide bonds. The molecule has 1 aromatic rings. The highest BCUT2D eigenvalue weighted by Crippen LogP contribution is 2.32.